The lowest BCUT2D eigenvalue weighted by atomic mass is 9.89. The molecule has 4 nitrogen and oxygen atoms in total. The molecule has 0 aliphatic carbocycles. The van der Waals surface area contributed by atoms with Gasteiger partial charge in [-0.1, -0.05) is 53.3 Å². The van der Waals surface area contributed by atoms with Gasteiger partial charge in [0.1, 0.15) is 0 Å². The molecule has 3 rings (SSSR count). The van der Waals surface area contributed by atoms with E-state index in [1.807, 2.05) is 42.5 Å². The molecular formula is C18H19N3OS. The predicted molar refractivity (Wildman–Crippen MR) is 97.2 cm³/mol. The molecule has 1 aliphatic heterocycles. The van der Waals surface area contributed by atoms with E-state index in [2.05, 4.69) is 29.2 Å². The largest absolute Gasteiger partial charge is 0.379 e. The molecule has 1 unspecified atom stereocenters. The van der Waals surface area contributed by atoms with Gasteiger partial charge < -0.3 is 10.6 Å². The van der Waals surface area contributed by atoms with Crippen LogP contribution >= 0.6 is 11.8 Å². The quantitative estimate of drug-likeness (QED) is 0.687. The van der Waals surface area contributed by atoms with E-state index in [0.29, 0.717) is 10.9 Å². The fourth-order valence-electron chi connectivity index (χ4n) is 2.48. The minimum atomic E-state index is -0.264. The summed E-state index contributed by atoms with van der Waals surface area (Å²) in [7, 11) is 0. The molecule has 0 radical (unpaired) electrons. The third-order valence-electron chi connectivity index (χ3n) is 3.81. The zero-order valence-corrected chi connectivity index (χ0v) is 13.8. The maximum absolute atomic E-state index is 5.90. The number of nitrogens with zero attached hydrogens (tertiary/aromatic N) is 2. The number of thioether (sulfide) groups is 1. The lowest BCUT2D eigenvalue weighted by molar-refractivity contribution is 0.344. The Kier molecular flexibility index (Phi) is 4.67. The number of aliphatic imine (C=N–C) groups is 1. The summed E-state index contributed by atoms with van der Waals surface area (Å²) >= 11 is 1.61. The predicted octanol–water partition coefficient (Wildman–Crippen LogP) is 3.77. The Morgan fingerprint density at radius 1 is 1.22 bits per heavy atom. The highest BCUT2D eigenvalue weighted by Gasteiger charge is 2.29. The van der Waals surface area contributed by atoms with Crippen LogP contribution in [0.4, 0.5) is 0 Å². The molecule has 2 aromatic carbocycles. The van der Waals surface area contributed by atoms with Gasteiger partial charge in [-0.15, -0.1) is 0 Å². The van der Waals surface area contributed by atoms with Crippen LogP contribution in [-0.2, 0) is 5.54 Å². The van der Waals surface area contributed by atoms with E-state index in [-0.39, 0.29) is 5.54 Å². The van der Waals surface area contributed by atoms with Crippen molar-refractivity contribution in [3.8, 4) is 5.75 Å². The lowest BCUT2D eigenvalue weighted by Gasteiger charge is -2.29. The molecule has 1 atom stereocenters. The van der Waals surface area contributed by atoms with Gasteiger partial charge in [-0.25, -0.2) is 0 Å². The number of hydrogen-bond acceptors (Lipinski definition) is 5. The van der Waals surface area contributed by atoms with E-state index in [1.54, 1.807) is 18.0 Å². The van der Waals surface area contributed by atoms with E-state index in [1.165, 1.54) is 0 Å². The van der Waals surface area contributed by atoms with Crippen molar-refractivity contribution in [3.63, 3.8) is 0 Å². The minimum Gasteiger partial charge on any atom is -0.379 e. The minimum absolute atomic E-state index is 0.264. The van der Waals surface area contributed by atoms with Gasteiger partial charge in [-0.2, -0.15) is 0 Å². The van der Waals surface area contributed by atoms with Gasteiger partial charge in [0.2, 0.25) is 0 Å². The second kappa shape index (κ2) is 6.87. The molecule has 0 amide bonds. The highest BCUT2D eigenvalue weighted by atomic mass is 32.2. The van der Waals surface area contributed by atoms with Crippen molar-refractivity contribution < 1.29 is 4.84 Å². The van der Waals surface area contributed by atoms with Gasteiger partial charge in [0.15, 0.2) is 10.9 Å². The maximum Gasteiger partial charge on any atom is 0.157 e. The summed E-state index contributed by atoms with van der Waals surface area (Å²) in [6.45, 7) is 2.12. The van der Waals surface area contributed by atoms with Crippen molar-refractivity contribution in [1.29, 1.82) is 0 Å². The Hall–Kier alpha value is -2.27. The van der Waals surface area contributed by atoms with Crippen molar-refractivity contribution in [1.82, 2.24) is 0 Å². The van der Waals surface area contributed by atoms with Crippen LogP contribution in [-0.4, -0.2) is 17.1 Å². The van der Waals surface area contributed by atoms with Crippen LogP contribution in [0.25, 0.3) is 0 Å². The fourth-order valence-corrected chi connectivity index (χ4v) is 3.45. The summed E-state index contributed by atoms with van der Waals surface area (Å²) in [5.41, 5.74) is 7.75. The standard InChI is InChI=1S/C18H19N3OS/c1-18(10-11-23-17(19)21-18)15-7-5-6-14(12-15)13-20-22-16-8-3-2-4-9-16/h2-9,12-13H,10-11H2,1H3,(H2,19,21). The molecule has 2 N–H and O–H groups in total. The van der Waals surface area contributed by atoms with E-state index >= 15 is 0 Å². The first-order valence-electron chi connectivity index (χ1n) is 7.50. The third-order valence-corrected chi connectivity index (χ3v) is 4.60. The Balaban J connectivity index is 1.76. The molecule has 1 heterocycles. The molecule has 0 saturated carbocycles. The van der Waals surface area contributed by atoms with Crippen LogP contribution in [0.5, 0.6) is 5.75 Å². The number of hydrogen-bond donors (Lipinski definition) is 1. The monoisotopic (exact) mass is 325 g/mol. The summed E-state index contributed by atoms with van der Waals surface area (Å²) < 4.78 is 0. The fraction of sp³-hybridized carbons (Fsp3) is 0.222. The number of amidine groups is 1. The molecule has 0 saturated heterocycles. The topological polar surface area (TPSA) is 60.0 Å². The Labute approximate surface area is 140 Å². The van der Waals surface area contributed by atoms with Crippen molar-refractivity contribution in [2.45, 2.75) is 18.9 Å². The SMILES string of the molecule is CC1(c2cccc(C=NOc3ccccc3)c2)CCSC(N)=N1. The summed E-state index contributed by atoms with van der Waals surface area (Å²) in [5, 5.41) is 4.70. The maximum atomic E-state index is 5.90. The average Bonchev–Trinajstić information content (AvgIpc) is 2.56. The van der Waals surface area contributed by atoms with E-state index < -0.39 is 0 Å². The first-order chi connectivity index (χ1) is 11.2. The molecule has 23 heavy (non-hydrogen) atoms. The van der Waals surface area contributed by atoms with Gasteiger partial charge in [0.25, 0.3) is 0 Å². The van der Waals surface area contributed by atoms with Gasteiger partial charge in [0.05, 0.1) is 11.8 Å². The van der Waals surface area contributed by atoms with E-state index in [4.69, 9.17) is 10.6 Å². The summed E-state index contributed by atoms with van der Waals surface area (Å²) in [6.07, 6.45) is 2.68. The molecule has 2 aromatic rings. The highest BCUT2D eigenvalue weighted by Crippen LogP contribution is 2.35. The first-order valence-corrected chi connectivity index (χ1v) is 8.48. The van der Waals surface area contributed by atoms with Crippen LogP contribution in [0, 0.1) is 0 Å². The average molecular weight is 325 g/mol. The zero-order valence-electron chi connectivity index (χ0n) is 13.0. The number of oxime groups is 1. The van der Waals surface area contributed by atoms with Crippen molar-refractivity contribution >= 4 is 23.1 Å². The van der Waals surface area contributed by atoms with Crippen molar-refractivity contribution in [3.05, 3.63) is 65.7 Å². The first kappa shape index (κ1) is 15.6. The molecule has 0 aromatic heterocycles. The number of para-hydroxylation sites is 1. The Morgan fingerprint density at radius 3 is 2.83 bits per heavy atom. The second-order valence-electron chi connectivity index (χ2n) is 5.59. The van der Waals surface area contributed by atoms with E-state index in [0.717, 1.165) is 23.3 Å². The molecule has 0 bridgehead atoms. The van der Waals surface area contributed by atoms with Gasteiger partial charge >= 0.3 is 0 Å². The summed E-state index contributed by atoms with van der Waals surface area (Å²) in [6, 6.07) is 17.7. The second-order valence-corrected chi connectivity index (χ2v) is 6.70. The molecule has 0 spiro atoms. The van der Waals surface area contributed by atoms with Crippen LogP contribution in [0.15, 0.2) is 64.7 Å². The van der Waals surface area contributed by atoms with Gasteiger partial charge in [0, 0.05) is 5.75 Å². The molecule has 0 fully saturated rings. The van der Waals surface area contributed by atoms with E-state index in [9.17, 15) is 0 Å². The van der Waals surface area contributed by atoms with Crippen molar-refractivity contribution in [2.75, 3.05) is 5.75 Å². The number of rotatable bonds is 4. The van der Waals surface area contributed by atoms with Crippen LogP contribution in [0.2, 0.25) is 0 Å². The molecule has 5 heteroatoms. The van der Waals surface area contributed by atoms with Gasteiger partial charge in [-0.05, 0) is 42.7 Å². The Morgan fingerprint density at radius 2 is 2.04 bits per heavy atom. The number of nitrogens with two attached hydrogens (primary N) is 1. The van der Waals surface area contributed by atoms with Gasteiger partial charge in [-0.3, -0.25) is 4.99 Å². The normalized spacial score (nSPS) is 21.2. The highest BCUT2D eigenvalue weighted by molar-refractivity contribution is 8.13. The van der Waals surface area contributed by atoms with Crippen LogP contribution in [0.3, 0.4) is 0 Å². The van der Waals surface area contributed by atoms with Crippen molar-refractivity contribution in [2.24, 2.45) is 15.9 Å². The molecular weight excluding hydrogens is 306 g/mol. The van der Waals surface area contributed by atoms with Crippen LogP contribution < -0.4 is 10.6 Å². The zero-order chi connectivity index (χ0) is 16.1. The lowest BCUT2D eigenvalue weighted by Crippen LogP contribution is -2.28. The smallest absolute Gasteiger partial charge is 0.157 e. The third kappa shape index (κ3) is 3.93. The molecule has 1 aliphatic rings. The summed E-state index contributed by atoms with van der Waals surface area (Å²) in [4.78, 5) is 9.99. The molecule has 118 valence electrons. The summed E-state index contributed by atoms with van der Waals surface area (Å²) in [5.74, 6) is 1.70. The number of benzene rings is 2. The Bertz CT molecular complexity index is 730. The van der Waals surface area contributed by atoms with Crippen LogP contribution in [0.1, 0.15) is 24.5 Å².